The third-order valence-corrected chi connectivity index (χ3v) is 6.12. The summed E-state index contributed by atoms with van der Waals surface area (Å²) in [5.74, 6) is -0.146. The van der Waals surface area contributed by atoms with Crippen molar-refractivity contribution in [2.45, 2.75) is 32.0 Å². The molecular weight excluding hydrogens is 425 g/mol. The fourth-order valence-corrected chi connectivity index (χ4v) is 4.15. The third-order valence-electron chi connectivity index (χ3n) is 6.12. The Labute approximate surface area is 204 Å². The van der Waals surface area contributed by atoms with Crippen LogP contribution in [0.25, 0.3) is 0 Å². The van der Waals surface area contributed by atoms with Crippen LogP contribution in [0.5, 0.6) is 0 Å². The van der Waals surface area contributed by atoms with Gasteiger partial charge in [-0.15, -0.1) is 0 Å². The molecular formula is C29H38FN3O. The lowest BCUT2D eigenvalue weighted by atomic mass is 10.0. The number of nitrogens with zero attached hydrogens (tertiary/aromatic N) is 2. The van der Waals surface area contributed by atoms with Gasteiger partial charge in [-0.2, -0.15) is 0 Å². The second-order valence-corrected chi connectivity index (χ2v) is 8.87. The van der Waals surface area contributed by atoms with E-state index in [0.29, 0.717) is 13.0 Å². The van der Waals surface area contributed by atoms with Gasteiger partial charge in [0.25, 0.3) is 0 Å². The smallest absolute Gasteiger partial charge is 0.126 e. The number of piperazine rings is 1. The highest BCUT2D eigenvalue weighted by molar-refractivity contribution is 5.18. The van der Waals surface area contributed by atoms with E-state index >= 15 is 0 Å². The lowest BCUT2D eigenvalue weighted by Crippen LogP contribution is -2.47. The van der Waals surface area contributed by atoms with Gasteiger partial charge in [0.05, 0.1) is 6.61 Å². The lowest BCUT2D eigenvalue weighted by molar-refractivity contribution is 0.124. The van der Waals surface area contributed by atoms with E-state index in [0.717, 1.165) is 51.3 Å². The molecule has 34 heavy (non-hydrogen) atoms. The first-order valence-corrected chi connectivity index (χ1v) is 12.1. The van der Waals surface area contributed by atoms with Gasteiger partial charge in [-0.25, -0.2) is 4.39 Å². The molecule has 0 saturated carbocycles. The Balaban J connectivity index is 0.000000302. The summed E-state index contributed by atoms with van der Waals surface area (Å²) in [6, 6.07) is 27.7. The highest BCUT2D eigenvalue weighted by atomic mass is 19.1. The van der Waals surface area contributed by atoms with E-state index in [-0.39, 0.29) is 11.9 Å². The van der Waals surface area contributed by atoms with Crippen LogP contribution in [-0.4, -0.2) is 55.7 Å². The van der Waals surface area contributed by atoms with Crippen LogP contribution in [-0.2, 0) is 24.3 Å². The molecule has 1 heterocycles. The first-order chi connectivity index (χ1) is 16.6. The maximum atomic E-state index is 13.7. The van der Waals surface area contributed by atoms with Crippen molar-refractivity contribution < 1.29 is 9.13 Å². The van der Waals surface area contributed by atoms with Crippen LogP contribution in [0.4, 0.5) is 4.39 Å². The van der Waals surface area contributed by atoms with Crippen LogP contribution in [0.1, 0.15) is 23.1 Å². The van der Waals surface area contributed by atoms with Crippen molar-refractivity contribution in [2.24, 2.45) is 5.73 Å². The summed E-state index contributed by atoms with van der Waals surface area (Å²) in [5, 5.41) is 0. The van der Waals surface area contributed by atoms with Gasteiger partial charge in [0.15, 0.2) is 0 Å². The van der Waals surface area contributed by atoms with Crippen molar-refractivity contribution in [3.05, 3.63) is 107 Å². The van der Waals surface area contributed by atoms with E-state index in [1.165, 1.54) is 17.2 Å². The predicted molar refractivity (Wildman–Crippen MR) is 138 cm³/mol. The number of rotatable bonds is 9. The van der Waals surface area contributed by atoms with Gasteiger partial charge < -0.3 is 15.4 Å². The zero-order chi connectivity index (χ0) is 24.0. The topological polar surface area (TPSA) is 41.7 Å². The van der Waals surface area contributed by atoms with Gasteiger partial charge in [0, 0.05) is 45.9 Å². The predicted octanol–water partition coefficient (Wildman–Crippen LogP) is 4.74. The minimum Gasteiger partial charge on any atom is -0.380 e. The van der Waals surface area contributed by atoms with Gasteiger partial charge in [-0.05, 0) is 42.1 Å². The monoisotopic (exact) mass is 463 g/mol. The average Bonchev–Trinajstić information content (AvgIpc) is 2.87. The molecule has 0 radical (unpaired) electrons. The van der Waals surface area contributed by atoms with E-state index < -0.39 is 0 Å². The number of hydrogen-bond acceptors (Lipinski definition) is 4. The fraction of sp³-hybridized carbons (Fsp3) is 0.379. The zero-order valence-corrected chi connectivity index (χ0v) is 20.3. The Morgan fingerprint density at radius 2 is 1.35 bits per heavy atom. The summed E-state index contributed by atoms with van der Waals surface area (Å²) in [6.45, 7) is 7.09. The second kappa shape index (κ2) is 14.6. The standard InChI is InChI=1S/C21H28FN3.C8H10O/c22-21-9-5-4-8-19(21)16-20(23)10-11-24-12-14-25(15-13-24)17-18-6-2-1-3-7-18;1-9-7-8-5-3-2-4-6-8/h1-9,20H,10-17,23H2;2-6H,7H2,1H3. The largest absolute Gasteiger partial charge is 0.380 e. The summed E-state index contributed by atoms with van der Waals surface area (Å²) in [4.78, 5) is 4.98. The molecule has 4 nitrogen and oxygen atoms in total. The molecule has 0 bridgehead atoms. The Hall–Kier alpha value is -2.57. The number of hydrogen-bond donors (Lipinski definition) is 1. The van der Waals surface area contributed by atoms with Crippen molar-refractivity contribution in [3.63, 3.8) is 0 Å². The average molecular weight is 464 g/mol. The molecule has 2 N–H and O–H groups in total. The summed E-state index contributed by atoms with van der Waals surface area (Å²) >= 11 is 0. The van der Waals surface area contributed by atoms with Gasteiger partial charge in [0.1, 0.15) is 5.82 Å². The Kier molecular flexibility index (Phi) is 11.2. The van der Waals surface area contributed by atoms with Gasteiger partial charge in [0.2, 0.25) is 0 Å². The number of nitrogens with two attached hydrogens (primary N) is 1. The van der Waals surface area contributed by atoms with Gasteiger partial charge >= 0.3 is 0 Å². The van der Waals surface area contributed by atoms with E-state index in [1.54, 1.807) is 13.2 Å². The summed E-state index contributed by atoms with van der Waals surface area (Å²) in [6.07, 6.45) is 1.52. The molecule has 1 saturated heterocycles. The first kappa shape index (κ1) is 26.0. The van der Waals surface area contributed by atoms with Gasteiger partial charge in [-0.3, -0.25) is 4.90 Å². The van der Waals surface area contributed by atoms with Crippen LogP contribution < -0.4 is 5.73 Å². The Bertz CT molecular complexity index is 930. The molecule has 1 unspecified atom stereocenters. The van der Waals surface area contributed by atoms with Crippen molar-refractivity contribution in [1.82, 2.24) is 9.80 Å². The highest BCUT2D eigenvalue weighted by Crippen LogP contribution is 2.12. The molecule has 182 valence electrons. The first-order valence-electron chi connectivity index (χ1n) is 12.1. The van der Waals surface area contributed by atoms with Crippen LogP contribution in [0.3, 0.4) is 0 Å². The summed E-state index contributed by atoms with van der Waals surface area (Å²) < 4.78 is 18.6. The minimum atomic E-state index is -0.146. The van der Waals surface area contributed by atoms with Crippen LogP contribution in [0.15, 0.2) is 84.9 Å². The zero-order valence-electron chi connectivity index (χ0n) is 20.3. The maximum absolute atomic E-state index is 13.7. The van der Waals surface area contributed by atoms with Crippen LogP contribution >= 0.6 is 0 Å². The van der Waals surface area contributed by atoms with E-state index in [2.05, 4.69) is 40.1 Å². The minimum absolute atomic E-state index is 0.0132. The number of ether oxygens (including phenoxy) is 1. The van der Waals surface area contributed by atoms with E-state index in [4.69, 9.17) is 10.5 Å². The second-order valence-electron chi connectivity index (χ2n) is 8.87. The van der Waals surface area contributed by atoms with Crippen molar-refractivity contribution >= 4 is 0 Å². The molecule has 5 heteroatoms. The quantitative estimate of drug-likeness (QED) is 0.498. The molecule has 0 spiro atoms. The molecule has 1 fully saturated rings. The number of benzene rings is 3. The highest BCUT2D eigenvalue weighted by Gasteiger charge is 2.18. The van der Waals surface area contributed by atoms with Crippen LogP contribution in [0.2, 0.25) is 0 Å². The van der Waals surface area contributed by atoms with Crippen molar-refractivity contribution in [2.75, 3.05) is 39.8 Å². The van der Waals surface area contributed by atoms with Crippen LogP contribution in [0, 0.1) is 5.82 Å². The lowest BCUT2D eigenvalue weighted by Gasteiger charge is -2.35. The molecule has 1 atom stereocenters. The molecule has 4 rings (SSSR count). The third kappa shape index (κ3) is 9.35. The normalized spacial score (nSPS) is 15.4. The maximum Gasteiger partial charge on any atom is 0.126 e. The molecule has 3 aromatic rings. The summed E-state index contributed by atoms with van der Waals surface area (Å²) in [5.41, 5.74) is 9.54. The van der Waals surface area contributed by atoms with Crippen molar-refractivity contribution in [1.29, 1.82) is 0 Å². The van der Waals surface area contributed by atoms with E-state index in [9.17, 15) is 4.39 Å². The Morgan fingerprint density at radius 1 is 0.794 bits per heavy atom. The van der Waals surface area contributed by atoms with Gasteiger partial charge in [-0.1, -0.05) is 78.9 Å². The fourth-order valence-electron chi connectivity index (χ4n) is 4.15. The molecule has 0 aliphatic carbocycles. The van der Waals surface area contributed by atoms with E-state index in [1.807, 2.05) is 42.5 Å². The molecule has 3 aromatic carbocycles. The molecule has 0 aromatic heterocycles. The summed E-state index contributed by atoms with van der Waals surface area (Å²) in [7, 11) is 1.70. The molecule has 0 amide bonds. The van der Waals surface area contributed by atoms with Crippen molar-refractivity contribution in [3.8, 4) is 0 Å². The SMILES string of the molecule is COCc1ccccc1.NC(CCN1CCN(Cc2ccccc2)CC1)Cc1ccccc1F. The molecule has 1 aliphatic heterocycles. The number of methoxy groups -OCH3 is 1. The Morgan fingerprint density at radius 3 is 1.97 bits per heavy atom. The molecule has 1 aliphatic rings. The number of halogens is 1.